The smallest absolute Gasteiger partial charge is 0.135 e. The van der Waals surface area contributed by atoms with Gasteiger partial charge in [0.25, 0.3) is 0 Å². The molecule has 1 aromatic heterocycles. The van der Waals surface area contributed by atoms with Crippen molar-refractivity contribution in [1.82, 2.24) is 10.0 Å². The van der Waals surface area contributed by atoms with Gasteiger partial charge in [-0.2, -0.15) is 0 Å². The van der Waals surface area contributed by atoms with Crippen LogP contribution in [0.5, 0.6) is 0 Å². The third kappa shape index (κ3) is 1.76. The normalized spacial score (nSPS) is 15.6. The molecule has 1 aliphatic rings. The number of aromatic nitrogens is 1. The van der Waals surface area contributed by atoms with Crippen molar-refractivity contribution in [2.45, 2.75) is 0 Å². The van der Waals surface area contributed by atoms with E-state index in [0.717, 1.165) is 10.6 Å². The van der Waals surface area contributed by atoms with E-state index in [1.807, 2.05) is 0 Å². The van der Waals surface area contributed by atoms with Crippen molar-refractivity contribution >= 4 is 23.5 Å². The molecule has 0 fully saturated rings. The van der Waals surface area contributed by atoms with Crippen LogP contribution < -0.4 is 0 Å². The lowest BCUT2D eigenvalue weighted by atomic mass is 10.2. The first kappa shape index (κ1) is 9.18. The second-order valence-corrected chi connectivity index (χ2v) is 3.25. The Labute approximate surface area is 86.1 Å². The van der Waals surface area contributed by atoms with Crippen LogP contribution >= 0.6 is 11.6 Å². The van der Waals surface area contributed by atoms with Gasteiger partial charge in [0.15, 0.2) is 0 Å². The first-order valence-electron chi connectivity index (χ1n) is 4.05. The third-order valence-corrected chi connectivity index (χ3v) is 2.04. The minimum atomic E-state index is 0.234. The zero-order chi connectivity index (χ0) is 9.97. The highest BCUT2D eigenvalue weighted by Crippen LogP contribution is 2.20. The number of hydrogen-bond donors (Lipinski definition) is 1. The van der Waals surface area contributed by atoms with Crippen molar-refractivity contribution in [1.29, 1.82) is 0 Å². The van der Waals surface area contributed by atoms with Crippen molar-refractivity contribution in [2.24, 2.45) is 4.99 Å². The average molecular weight is 210 g/mol. The van der Waals surface area contributed by atoms with E-state index >= 15 is 0 Å². The molecule has 4 nitrogen and oxygen atoms in total. The van der Waals surface area contributed by atoms with Gasteiger partial charge in [-0.1, -0.05) is 11.6 Å². The highest BCUT2D eigenvalue weighted by Gasteiger charge is 2.11. The molecular weight excluding hydrogens is 202 g/mol. The fourth-order valence-corrected chi connectivity index (χ4v) is 1.38. The Kier molecular flexibility index (Phi) is 2.47. The van der Waals surface area contributed by atoms with E-state index in [-0.39, 0.29) is 6.67 Å². The summed E-state index contributed by atoms with van der Waals surface area (Å²) < 4.78 is 0. The second kappa shape index (κ2) is 3.77. The lowest BCUT2D eigenvalue weighted by Gasteiger charge is -2.20. The molecule has 72 valence electrons. The molecule has 14 heavy (non-hydrogen) atoms. The molecule has 2 heterocycles. The van der Waals surface area contributed by atoms with E-state index < -0.39 is 0 Å². The van der Waals surface area contributed by atoms with Crippen LogP contribution in [0.3, 0.4) is 0 Å². The summed E-state index contributed by atoms with van der Waals surface area (Å²) >= 11 is 5.79. The van der Waals surface area contributed by atoms with Gasteiger partial charge in [-0.25, -0.2) is 5.06 Å². The van der Waals surface area contributed by atoms with E-state index in [1.54, 1.807) is 30.8 Å². The number of allylic oxidation sites excluding steroid dienone is 1. The SMILES string of the molecule is ON1CN=CC=C1c1cncc(Cl)c1. The average Bonchev–Trinajstić information content (AvgIpc) is 2.18. The summed E-state index contributed by atoms with van der Waals surface area (Å²) in [5.41, 5.74) is 1.42. The van der Waals surface area contributed by atoms with E-state index in [4.69, 9.17) is 11.6 Å². The molecule has 0 bridgehead atoms. The molecule has 0 aromatic carbocycles. The van der Waals surface area contributed by atoms with Crippen LogP contribution in [-0.2, 0) is 0 Å². The lowest BCUT2D eigenvalue weighted by Crippen LogP contribution is -2.20. The molecule has 0 atom stereocenters. The summed E-state index contributed by atoms with van der Waals surface area (Å²) in [7, 11) is 0. The Morgan fingerprint density at radius 2 is 2.29 bits per heavy atom. The van der Waals surface area contributed by atoms with E-state index in [9.17, 15) is 5.21 Å². The molecular formula is C9H8ClN3O. The van der Waals surface area contributed by atoms with E-state index in [0.29, 0.717) is 10.7 Å². The molecule has 1 N–H and O–H groups in total. The van der Waals surface area contributed by atoms with Crippen LogP contribution in [0.15, 0.2) is 29.5 Å². The van der Waals surface area contributed by atoms with Gasteiger partial charge >= 0.3 is 0 Å². The van der Waals surface area contributed by atoms with Gasteiger partial charge in [0.2, 0.25) is 0 Å². The van der Waals surface area contributed by atoms with Crippen LogP contribution in [0.2, 0.25) is 5.02 Å². The molecule has 1 aliphatic heterocycles. The van der Waals surface area contributed by atoms with E-state index in [2.05, 4.69) is 9.98 Å². The monoisotopic (exact) mass is 209 g/mol. The molecule has 0 saturated heterocycles. The number of pyridine rings is 1. The van der Waals surface area contributed by atoms with Gasteiger partial charge in [0, 0.05) is 24.2 Å². The molecule has 5 heteroatoms. The Hall–Kier alpha value is -1.39. The Morgan fingerprint density at radius 1 is 1.43 bits per heavy atom. The van der Waals surface area contributed by atoms with Crippen molar-refractivity contribution in [3.63, 3.8) is 0 Å². The summed E-state index contributed by atoms with van der Waals surface area (Å²) in [6.07, 6.45) is 6.53. The largest absolute Gasteiger partial charge is 0.287 e. The number of aliphatic imine (C=N–C) groups is 1. The van der Waals surface area contributed by atoms with Crippen molar-refractivity contribution in [2.75, 3.05) is 6.67 Å². The lowest BCUT2D eigenvalue weighted by molar-refractivity contribution is -0.0249. The minimum Gasteiger partial charge on any atom is -0.287 e. The van der Waals surface area contributed by atoms with Crippen LogP contribution in [0.4, 0.5) is 0 Å². The fraction of sp³-hybridized carbons (Fsp3) is 0.111. The van der Waals surface area contributed by atoms with Gasteiger partial charge in [-0.15, -0.1) is 0 Å². The van der Waals surface area contributed by atoms with Crippen molar-refractivity contribution in [3.05, 3.63) is 35.1 Å². The predicted molar refractivity (Wildman–Crippen MR) is 54.2 cm³/mol. The van der Waals surface area contributed by atoms with Gasteiger partial charge in [-0.3, -0.25) is 15.2 Å². The molecule has 2 rings (SSSR count). The van der Waals surface area contributed by atoms with Crippen molar-refractivity contribution < 1.29 is 5.21 Å². The molecule has 0 radical (unpaired) electrons. The van der Waals surface area contributed by atoms with Crippen molar-refractivity contribution in [3.8, 4) is 0 Å². The molecule has 0 aliphatic carbocycles. The molecule has 0 unspecified atom stereocenters. The summed E-state index contributed by atoms with van der Waals surface area (Å²) in [6, 6.07) is 1.74. The maximum atomic E-state index is 9.49. The molecule has 0 spiro atoms. The first-order chi connectivity index (χ1) is 6.77. The van der Waals surface area contributed by atoms with Gasteiger partial charge in [0.05, 0.1) is 10.7 Å². The third-order valence-electron chi connectivity index (χ3n) is 1.83. The van der Waals surface area contributed by atoms with E-state index in [1.165, 1.54) is 0 Å². The maximum Gasteiger partial charge on any atom is 0.135 e. The van der Waals surface area contributed by atoms with Gasteiger partial charge in [0.1, 0.15) is 6.67 Å². The summed E-state index contributed by atoms with van der Waals surface area (Å²) in [5, 5.41) is 11.1. The minimum absolute atomic E-state index is 0.234. The Balaban J connectivity index is 2.39. The quantitative estimate of drug-likeness (QED) is 0.768. The fourth-order valence-electron chi connectivity index (χ4n) is 1.21. The number of hydrogen-bond acceptors (Lipinski definition) is 4. The number of nitrogens with zero attached hydrogens (tertiary/aromatic N) is 3. The summed E-state index contributed by atoms with van der Waals surface area (Å²) in [5.74, 6) is 0. The topological polar surface area (TPSA) is 48.7 Å². The number of hydroxylamine groups is 2. The first-order valence-corrected chi connectivity index (χ1v) is 4.42. The highest BCUT2D eigenvalue weighted by atomic mass is 35.5. The van der Waals surface area contributed by atoms with Crippen LogP contribution in [-0.4, -0.2) is 28.1 Å². The van der Waals surface area contributed by atoms with Crippen LogP contribution in [0.1, 0.15) is 5.56 Å². The van der Waals surface area contributed by atoms with Crippen LogP contribution in [0.25, 0.3) is 5.70 Å². The summed E-state index contributed by atoms with van der Waals surface area (Å²) in [6.45, 7) is 0.234. The highest BCUT2D eigenvalue weighted by molar-refractivity contribution is 6.30. The molecule has 0 saturated carbocycles. The predicted octanol–water partition coefficient (Wildman–Crippen LogP) is 1.81. The molecule has 1 aromatic rings. The second-order valence-electron chi connectivity index (χ2n) is 2.82. The maximum absolute atomic E-state index is 9.49. The van der Waals surface area contributed by atoms with Gasteiger partial charge < -0.3 is 0 Å². The molecule has 0 amide bonds. The Bertz CT molecular complexity index is 403. The zero-order valence-electron chi connectivity index (χ0n) is 7.26. The zero-order valence-corrected chi connectivity index (χ0v) is 8.02. The Morgan fingerprint density at radius 3 is 3.00 bits per heavy atom. The number of rotatable bonds is 1. The van der Waals surface area contributed by atoms with Crippen LogP contribution in [0, 0.1) is 0 Å². The van der Waals surface area contributed by atoms with Gasteiger partial charge in [-0.05, 0) is 12.1 Å². The standard InChI is InChI=1S/C9H8ClN3O/c10-8-3-7(4-12-5-8)9-1-2-11-6-13(9)14/h1-5,14H,6H2. The summed E-state index contributed by atoms with van der Waals surface area (Å²) in [4.78, 5) is 7.82. The number of halogens is 1.